The minimum atomic E-state index is -1.50. The largest absolute Gasteiger partial charge is 0.480 e. The minimum Gasteiger partial charge on any atom is -0.480 e. The zero-order valence-electron chi connectivity index (χ0n) is 18.2. The van der Waals surface area contributed by atoms with Gasteiger partial charge in [0.1, 0.15) is 18.2 Å². The Morgan fingerprint density at radius 3 is 1.90 bits per heavy atom. The summed E-state index contributed by atoms with van der Waals surface area (Å²) < 4.78 is 0. The number of nitrogens with one attached hydrogen (secondary N) is 2. The Balaban J connectivity index is 2.80. The topological polar surface area (TPSA) is 142 Å². The van der Waals surface area contributed by atoms with Crippen LogP contribution in [0.3, 0.4) is 0 Å². The summed E-state index contributed by atoms with van der Waals surface area (Å²) in [7, 11) is 0. The van der Waals surface area contributed by atoms with Gasteiger partial charge >= 0.3 is 5.97 Å². The number of amides is 2. The van der Waals surface area contributed by atoms with Crippen molar-refractivity contribution in [2.45, 2.75) is 71.2 Å². The van der Waals surface area contributed by atoms with Crippen molar-refractivity contribution in [3.05, 3.63) is 35.9 Å². The molecule has 0 aliphatic heterocycles. The van der Waals surface area contributed by atoms with Crippen LogP contribution >= 0.6 is 0 Å². The van der Waals surface area contributed by atoms with E-state index in [0.717, 1.165) is 5.56 Å². The molecule has 1 rings (SSSR count). The van der Waals surface area contributed by atoms with Gasteiger partial charge in [-0.3, -0.25) is 9.59 Å². The third-order valence-electron chi connectivity index (χ3n) is 4.65. The predicted octanol–water partition coefficient (Wildman–Crippen LogP) is 1.06. The van der Waals surface area contributed by atoms with Crippen molar-refractivity contribution in [1.82, 2.24) is 10.6 Å². The molecule has 0 saturated heterocycles. The van der Waals surface area contributed by atoms with Crippen LogP contribution in [-0.2, 0) is 20.8 Å². The molecule has 1 aromatic rings. The number of rotatable bonds is 12. The van der Waals surface area contributed by atoms with Gasteiger partial charge in [0, 0.05) is 6.04 Å². The average Bonchev–Trinajstić information content (AvgIpc) is 2.66. The van der Waals surface area contributed by atoms with E-state index >= 15 is 0 Å². The molecule has 0 spiro atoms. The third kappa shape index (κ3) is 8.92. The van der Waals surface area contributed by atoms with E-state index in [1.54, 1.807) is 0 Å². The number of nitrogens with two attached hydrogens (primary N) is 1. The molecule has 0 fully saturated rings. The van der Waals surface area contributed by atoms with Gasteiger partial charge in [0.05, 0.1) is 0 Å². The average molecular weight is 422 g/mol. The number of aliphatic carboxylic acids is 1. The van der Waals surface area contributed by atoms with Gasteiger partial charge in [-0.05, 0) is 36.7 Å². The first-order valence-electron chi connectivity index (χ1n) is 10.3. The van der Waals surface area contributed by atoms with E-state index in [0.29, 0.717) is 12.8 Å². The molecule has 0 unspecified atom stereocenters. The van der Waals surface area contributed by atoms with E-state index in [1.165, 1.54) is 0 Å². The predicted molar refractivity (Wildman–Crippen MR) is 115 cm³/mol. The molecule has 168 valence electrons. The monoisotopic (exact) mass is 421 g/mol. The number of aliphatic hydroxyl groups is 1. The van der Waals surface area contributed by atoms with E-state index < -0.39 is 42.0 Å². The number of carbonyl (C=O) groups excluding carboxylic acids is 2. The van der Waals surface area contributed by atoms with E-state index in [4.69, 9.17) is 5.73 Å². The Morgan fingerprint density at radius 2 is 1.40 bits per heavy atom. The molecule has 0 radical (unpaired) electrons. The van der Waals surface area contributed by atoms with Crippen LogP contribution in [0, 0.1) is 11.8 Å². The van der Waals surface area contributed by atoms with Gasteiger partial charge in [0.25, 0.3) is 5.91 Å². The van der Waals surface area contributed by atoms with E-state index in [1.807, 2.05) is 58.0 Å². The van der Waals surface area contributed by atoms with E-state index in [-0.39, 0.29) is 18.3 Å². The second kappa shape index (κ2) is 12.3. The molecule has 0 aromatic heterocycles. The standard InChI is InChI=1S/C22H35N3O5/c1-13(2)10-17(20(27)25-18(22(29)30)11-14(3)4)24-21(28)19(26)16(23)12-15-8-6-5-7-9-15/h5-9,13-14,16-19,26H,10-12,23H2,1-4H3,(H,24,28)(H,25,27)(H,29,30)/t16-,17+,18-,19+/m1/s1. The molecule has 1 aromatic carbocycles. The summed E-state index contributed by atoms with van der Waals surface area (Å²) >= 11 is 0. The lowest BCUT2D eigenvalue weighted by Gasteiger charge is -2.25. The van der Waals surface area contributed by atoms with Crippen molar-refractivity contribution in [2.75, 3.05) is 0 Å². The zero-order chi connectivity index (χ0) is 22.8. The molecule has 0 saturated carbocycles. The maximum atomic E-state index is 12.7. The Morgan fingerprint density at radius 1 is 0.900 bits per heavy atom. The molecule has 30 heavy (non-hydrogen) atoms. The van der Waals surface area contributed by atoms with Crippen LogP contribution in [-0.4, -0.2) is 52.2 Å². The maximum absolute atomic E-state index is 12.7. The molecule has 2 amide bonds. The van der Waals surface area contributed by atoms with Crippen molar-refractivity contribution in [2.24, 2.45) is 17.6 Å². The number of carboxylic acid groups (broad SMARTS) is 1. The number of hydrogen-bond donors (Lipinski definition) is 5. The summed E-state index contributed by atoms with van der Waals surface area (Å²) in [6.45, 7) is 7.49. The van der Waals surface area contributed by atoms with Crippen LogP contribution in [0.1, 0.15) is 46.1 Å². The first-order valence-corrected chi connectivity index (χ1v) is 10.3. The fourth-order valence-corrected chi connectivity index (χ4v) is 3.12. The first-order chi connectivity index (χ1) is 14.0. The molecule has 8 nitrogen and oxygen atoms in total. The molecular weight excluding hydrogens is 386 g/mol. The SMILES string of the molecule is CC(C)C[C@H](NC(=O)[C@@H](O)[C@H](N)Cc1ccccc1)C(=O)N[C@H](CC(C)C)C(=O)O. The fourth-order valence-electron chi connectivity index (χ4n) is 3.12. The lowest BCUT2D eigenvalue weighted by atomic mass is 9.99. The van der Waals surface area contributed by atoms with Gasteiger partial charge in [-0.1, -0.05) is 58.0 Å². The fraction of sp³-hybridized carbons (Fsp3) is 0.591. The highest BCUT2D eigenvalue weighted by molar-refractivity contribution is 5.91. The van der Waals surface area contributed by atoms with Crippen LogP contribution in [0.4, 0.5) is 0 Å². The molecule has 0 aliphatic carbocycles. The maximum Gasteiger partial charge on any atom is 0.326 e. The molecular formula is C22H35N3O5. The van der Waals surface area contributed by atoms with Gasteiger partial charge in [-0.2, -0.15) is 0 Å². The van der Waals surface area contributed by atoms with E-state index in [9.17, 15) is 24.6 Å². The first kappa shape index (κ1) is 25.6. The summed E-state index contributed by atoms with van der Waals surface area (Å²) in [6.07, 6.45) is -0.634. The summed E-state index contributed by atoms with van der Waals surface area (Å²) in [5.74, 6) is -2.34. The highest BCUT2D eigenvalue weighted by Crippen LogP contribution is 2.10. The Labute approximate surface area is 178 Å². The van der Waals surface area contributed by atoms with Crippen LogP contribution in [0.15, 0.2) is 30.3 Å². The lowest BCUT2D eigenvalue weighted by Crippen LogP contribution is -2.56. The van der Waals surface area contributed by atoms with Gasteiger partial charge in [-0.15, -0.1) is 0 Å². The number of benzene rings is 1. The van der Waals surface area contributed by atoms with Gasteiger partial charge in [0.15, 0.2) is 0 Å². The highest BCUT2D eigenvalue weighted by atomic mass is 16.4. The van der Waals surface area contributed by atoms with Gasteiger partial charge in [0.2, 0.25) is 5.91 Å². The Bertz CT molecular complexity index is 693. The summed E-state index contributed by atoms with van der Waals surface area (Å²) in [5.41, 5.74) is 6.87. The van der Waals surface area contributed by atoms with Gasteiger partial charge in [-0.25, -0.2) is 4.79 Å². The second-order valence-electron chi connectivity index (χ2n) is 8.52. The summed E-state index contributed by atoms with van der Waals surface area (Å²) in [6, 6.07) is 6.38. The van der Waals surface area contributed by atoms with Crippen molar-refractivity contribution >= 4 is 17.8 Å². The Kier molecular flexibility index (Phi) is 10.5. The minimum absolute atomic E-state index is 0.0598. The van der Waals surface area contributed by atoms with Crippen LogP contribution in [0.2, 0.25) is 0 Å². The second-order valence-corrected chi connectivity index (χ2v) is 8.52. The van der Waals surface area contributed by atoms with Crippen molar-refractivity contribution in [3.63, 3.8) is 0 Å². The molecule has 8 heteroatoms. The number of carboxylic acids is 1. The number of carbonyl (C=O) groups is 3. The molecule has 0 aliphatic rings. The lowest BCUT2D eigenvalue weighted by molar-refractivity contribution is -0.143. The summed E-state index contributed by atoms with van der Waals surface area (Å²) in [4.78, 5) is 36.7. The van der Waals surface area contributed by atoms with Crippen molar-refractivity contribution in [3.8, 4) is 0 Å². The third-order valence-corrected chi connectivity index (χ3v) is 4.65. The van der Waals surface area contributed by atoms with Crippen molar-refractivity contribution in [1.29, 1.82) is 0 Å². The molecule has 4 atom stereocenters. The summed E-state index contributed by atoms with van der Waals surface area (Å²) in [5, 5.41) is 24.7. The Hall–Kier alpha value is -2.45. The quantitative estimate of drug-likeness (QED) is 0.342. The van der Waals surface area contributed by atoms with Crippen molar-refractivity contribution < 1.29 is 24.6 Å². The van der Waals surface area contributed by atoms with E-state index in [2.05, 4.69) is 10.6 Å². The number of hydrogen-bond acceptors (Lipinski definition) is 5. The van der Waals surface area contributed by atoms with Crippen LogP contribution in [0.5, 0.6) is 0 Å². The smallest absolute Gasteiger partial charge is 0.326 e. The normalized spacial score (nSPS) is 15.3. The highest BCUT2D eigenvalue weighted by Gasteiger charge is 2.31. The van der Waals surface area contributed by atoms with Gasteiger partial charge < -0.3 is 26.6 Å². The van der Waals surface area contributed by atoms with Crippen LogP contribution < -0.4 is 16.4 Å². The number of aliphatic hydroxyl groups excluding tert-OH is 1. The zero-order valence-corrected chi connectivity index (χ0v) is 18.2. The molecule has 0 bridgehead atoms. The molecule has 0 heterocycles. The molecule has 6 N–H and O–H groups in total. The van der Waals surface area contributed by atoms with Crippen LogP contribution in [0.25, 0.3) is 0 Å².